The Kier molecular flexibility index (Phi) is 2.33. The lowest BCUT2D eigenvalue weighted by molar-refractivity contribution is 0.177. The fourth-order valence-electron chi connectivity index (χ4n) is 1.63. The van der Waals surface area contributed by atoms with Gasteiger partial charge in [-0.05, 0) is 24.1 Å². The van der Waals surface area contributed by atoms with Crippen molar-refractivity contribution in [1.29, 1.82) is 0 Å². The summed E-state index contributed by atoms with van der Waals surface area (Å²) in [5.74, 6) is 0. The van der Waals surface area contributed by atoms with E-state index in [-0.39, 0.29) is 12.1 Å². The van der Waals surface area contributed by atoms with Crippen LogP contribution in [0.5, 0.6) is 0 Å². The number of hydrogen-bond acceptors (Lipinski definition) is 2. The topological polar surface area (TPSA) is 38.3 Å². The Bertz CT molecular complexity index is 358. The molecule has 1 N–H and O–H groups in total. The summed E-state index contributed by atoms with van der Waals surface area (Å²) in [6, 6.07) is 5.55. The summed E-state index contributed by atoms with van der Waals surface area (Å²) in [4.78, 5) is 10.9. The third kappa shape index (κ3) is 1.55. The quantitative estimate of drug-likeness (QED) is 0.775. The van der Waals surface area contributed by atoms with E-state index in [0.29, 0.717) is 11.6 Å². The number of aryl methyl sites for hydroxylation is 1. The molecule has 1 amide bonds. The molecular weight excluding hydrogens is 202 g/mol. The summed E-state index contributed by atoms with van der Waals surface area (Å²) in [6.45, 7) is 2.31. The molecule has 1 aromatic rings. The van der Waals surface area contributed by atoms with Crippen LogP contribution >= 0.6 is 11.6 Å². The van der Waals surface area contributed by atoms with Gasteiger partial charge in [-0.3, -0.25) is 0 Å². The maximum Gasteiger partial charge on any atom is 0.407 e. The minimum absolute atomic E-state index is 0.115. The average Bonchev–Trinajstić information content (AvgIpc) is 2.51. The molecule has 0 bridgehead atoms. The van der Waals surface area contributed by atoms with Crippen LogP contribution in [0, 0.1) is 6.92 Å². The lowest BCUT2D eigenvalue weighted by Gasteiger charge is -2.12. The molecule has 0 aliphatic carbocycles. The lowest BCUT2D eigenvalue weighted by Crippen LogP contribution is -2.19. The third-order valence-electron chi connectivity index (χ3n) is 2.29. The van der Waals surface area contributed by atoms with Crippen LogP contribution in [0.2, 0.25) is 5.02 Å². The Morgan fingerprint density at radius 3 is 2.93 bits per heavy atom. The van der Waals surface area contributed by atoms with E-state index in [9.17, 15) is 4.79 Å². The molecular formula is C10H10ClNO2. The van der Waals surface area contributed by atoms with Crippen LogP contribution in [0.15, 0.2) is 18.2 Å². The molecule has 14 heavy (non-hydrogen) atoms. The number of hydrogen-bond donors (Lipinski definition) is 1. The smallest absolute Gasteiger partial charge is 0.407 e. The van der Waals surface area contributed by atoms with Crippen LogP contribution in [0.25, 0.3) is 0 Å². The number of carbonyl (C=O) groups is 1. The maximum absolute atomic E-state index is 10.9. The Morgan fingerprint density at radius 2 is 2.36 bits per heavy atom. The minimum Gasteiger partial charge on any atom is -0.447 e. The van der Waals surface area contributed by atoms with Crippen LogP contribution in [0.4, 0.5) is 4.79 Å². The van der Waals surface area contributed by atoms with Gasteiger partial charge in [-0.1, -0.05) is 23.7 Å². The highest BCUT2D eigenvalue weighted by Crippen LogP contribution is 2.28. The maximum atomic E-state index is 10.9. The van der Waals surface area contributed by atoms with E-state index in [1.807, 2.05) is 25.1 Å². The second kappa shape index (κ2) is 3.50. The second-order valence-corrected chi connectivity index (χ2v) is 3.67. The third-order valence-corrected chi connectivity index (χ3v) is 2.62. The van der Waals surface area contributed by atoms with E-state index in [0.717, 1.165) is 11.1 Å². The normalized spacial score (nSPS) is 20.4. The monoisotopic (exact) mass is 211 g/mol. The minimum atomic E-state index is -0.380. The number of ether oxygens (including phenoxy) is 1. The van der Waals surface area contributed by atoms with Crippen molar-refractivity contribution in [2.24, 2.45) is 0 Å². The van der Waals surface area contributed by atoms with E-state index in [4.69, 9.17) is 16.3 Å². The van der Waals surface area contributed by atoms with Crippen LogP contribution in [0.3, 0.4) is 0 Å². The highest BCUT2D eigenvalue weighted by molar-refractivity contribution is 6.31. The number of cyclic esters (lactones) is 1. The largest absolute Gasteiger partial charge is 0.447 e. The SMILES string of the molecule is Cc1cccc(Cl)c1C1COC(=O)N1. The molecule has 0 spiro atoms. The summed E-state index contributed by atoms with van der Waals surface area (Å²) in [6.07, 6.45) is -0.380. The van der Waals surface area contributed by atoms with Gasteiger partial charge in [0.15, 0.2) is 0 Å². The molecule has 1 atom stereocenters. The zero-order valence-corrected chi connectivity index (χ0v) is 8.47. The summed E-state index contributed by atoms with van der Waals surface area (Å²) in [5.41, 5.74) is 2.01. The van der Waals surface area contributed by atoms with Crippen LogP contribution in [0.1, 0.15) is 17.2 Å². The van der Waals surface area contributed by atoms with Crippen molar-refractivity contribution in [2.75, 3.05) is 6.61 Å². The first-order valence-corrected chi connectivity index (χ1v) is 4.74. The van der Waals surface area contributed by atoms with Crippen molar-refractivity contribution in [2.45, 2.75) is 13.0 Å². The van der Waals surface area contributed by atoms with Gasteiger partial charge in [0.2, 0.25) is 0 Å². The average molecular weight is 212 g/mol. The standard InChI is InChI=1S/C10H10ClNO2/c1-6-3-2-4-7(11)9(6)8-5-14-10(13)12-8/h2-4,8H,5H2,1H3,(H,12,13). The highest BCUT2D eigenvalue weighted by atomic mass is 35.5. The van der Waals surface area contributed by atoms with E-state index in [2.05, 4.69) is 5.32 Å². The summed E-state index contributed by atoms with van der Waals surface area (Å²) in [5, 5.41) is 3.37. The zero-order chi connectivity index (χ0) is 10.1. The van der Waals surface area contributed by atoms with Crippen molar-refractivity contribution in [1.82, 2.24) is 5.32 Å². The number of nitrogens with one attached hydrogen (secondary N) is 1. The molecule has 2 rings (SSSR count). The molecule has 3 nitrogen and oxygen atoms in total. The molecule has 1 aliphatic rings. The molecule has 1 heterocycles. The Labute approximate surface area is 87.0 Å². The number of halogens is 1. The van der Waals surface area contributed by atoms with Crippen molar-refractivity contribution in [3.63, 3.8) is 0 Å². The fourth-order valence-corrected chi connectivity index (χ4v) is 1.98. The molecule has 74 valence electrons. The summed E-state index contributed by atoms with van der Waals surface area (Å²) >= 11 is 6.05. The van der Waals surface area contributed by atoms with Gasteiger partial charge in [0.1, 0.15) is 6.61 Å². The molecule has 0 aromatic heterocycles. The molecule has 1 saturated heterocycles. The number of carbonyl (C=O) groups excluding carboxylic acids is 1. The first kappa shape index (κ1) is 9.34. The second-order valence-electron chi connectivity index (χ2n) is 3.27. The van der Waals surface area contributed by atoms with E-state index >= 15 is 0 Å². The van der Waals surface area contributed by atoms with Crippen molar-refractivity contribution in [3.05, 3.63) is 34.3 Å². The number of rotatable bonds is 1. The van der Waals surface area contributed by atoms with Crippen molar-refractivity contribution in [3.8, 4) is 0 Å². The summed E-state index contributed by atoms with van der Waals surface area (Å²) < 4.78 is 4.82. The molecule has 1 fully saturated rings. The van der Waals surface area contributed by atoms with Gasteiger partial charge in [-0.25, -0.2) is 4.79 Å². The molecule has 1 aromatic carbocycles. The van der Waals surface area contributed by atoms with Gasteiger partial charge in [-0.2, -0.15) is 0 Å². The van der Waals surface area contributed by atoms with E-state index in [1.165, 1.54) is 0 Å². The summed E-state index contributed by atoms with van der Waals surface area (Å²) in [7, 11) is 0. The van der Waals surface area contributed by atoms with E-state index < -0.39 is 0 Å². The van der Waals surface area contributed by atoms with Gasteiger partial charge in [-0.15, -0.1) is 0 Å². The van der Waals surface area contributed by atoms with Gasteiger partial charge in [0.25, 0.3) is 0 Å². The Hall–Kier alpha value is -1.22. The van der Waals surface area contributed by atoms with Crippen LogP contribution in [-0.4, -0.2) is 12.7 Å². The Morgan fingerprint density at radius 1 is 1.57 bits per heavy atom. The molecule has 1 unspecified atom stereocenters. The predicted molar refractivity (Wildman–Crippen MR) is 53.4 cm³/mol. The van der Waals surface area contributed by atoms with E-state index in [1.54, 1.807) is 0 Å². The van der Waals surface area contributed by atoms with Crippen molar-refractivity contribution < 1.29 is 9.53 Å². The predicted octanol–water partition coefficient (Wildman–Crippen LogP) is 2.43. The molecule has 0 radical (unpaired) electrons. The number of alkyl carbamates (subject to hydrolysis) is 1. The van der Waals surface area contributed by atoms with Gasteiger partial charge in [0, 0.05) is 5.02 Å². The van der Waals surface area contributed by atoms with Gasteiger partial charge < -0.3 is 10.1 Å². The number of benzene rings is 1. The van der Waals surface area contributed by atoms with Gasteiger partial charge >= 0.3 is 6.09 Å². The van der Waals surface area contributed by atoms with Crippen LogP contribution in [-0.2, 0) is 4.74 Å². The van der Waals surface area contributed by atoms with Crippen LogP contribution < -0.4 is 5.32 Å². The molecule has 0 saturated carbocycles. The first-order valence-electron chi connectivity index (χ1n) is 4.37. The molecule has 4 heteroatoms. The Balaban J connectivity index is 2.36. The lowest BCUT2D eigenvalue weighted by atomic mass is 10.0. The van der Waals surface area contributed by atoms with Gasteiger partial charge in [0.05, 0.1) is 6.04 Å². The number of amides is 1. The molecule has 1 aliphatic heterocycles. The highest BCUT2D eigenvalue weighted by Gasteiger charge is 2.26. The zero-order valence-electron chi connectivity index (χ0n) is 7.71. The van der Waals surface area contributed by atoms with Crippen molar-refractivity contribution >= 4 is 17.7 Å². The first-order chi connectivity index (χ1) is 6.68. The fraction of sp³-hybridized carbons (Fsp3) is 0.300.